The van der Waals surface area contributed by atoms with Crippen LogP contribution in [0.4, 0.5) is 5.13 Å². The minimum absolute atomic E-state index is 0.0442. The molecule has 0 radical (unpaired) electrons. The van der Waals surface area contributed by atoms with Crippen LogP contribution < -0.4 is 15.5 Å². The third kappa shape index (κ3) is 2.42. The largest absolute Gasteiger partial charge is 0.357 e. The predicted molar refractivity (Wildman–Crippen MR) is 69.7 cm³/mol. The maximum absolute atomic E-state index is 11.8. The van der Waals surface area contributed by atoms with Gasteiger partial charge in [0, 0.05) is 31.6 Å². The molecule has 1 aromatic rings. The van der Waals surface area contributed by atoms with Crippen molar-refractivity contribution in [1.29, 1.82) is 0 Å². The first-order chi connectivity index (χ1) is 8.13. The van der Waals surface area contributed by atoms with Gasteiger partial charge in [-0.2, -0.15) is 0 Å². The highest BCUT2D eigenvalue weighted by atomic mass is 32.1. The number of piperazine rings is 1. The van der Waals surface area contributed by atoms with E-state index in [4.69, 9.17) is 0 Å². The molecule has 2 heterocycles. The maximum Gasteiger partial charge on any atom is 0.243 e. The summed E-state index contributed by atoms with van der Waals surface area (Å²) >= 11 is 1.66. The zero-order chi connectivity index (χ0) is 12.4. The van der Waals surface area contributed by atoms with Gasteiger partial charge in [-0.1, -0.05) is 0 Å². The third-order valence-corrected chi connectivity index (χ3v) is 4.17. The number of carbonyl (C=O) groups excluding carboxylic acids is 1. The Morgan fingerprint density at radius 3 is 2.94 bits per heavy atom. The number of nitrogens with one attached hydrogen (secondary N) is 2. The Balaban J connectivity index is 2.24. The second-order valence-corrected chi connectivity index (χ2v) is 5.35. The molecule has 0 aliphatic carbocycles. The van der Waals surface area contributed by atoms with Crippen molar-refractivity contribution >= 4 is 22.4 Å². The van der Waals surface area contributed by atoms with Crippen LogP contribution in [0.25, 0.3) is 0 Å². The molecule has 1 aliphatic heterocycles. The Morgan fingerprint density at radius 1 is 1.59 bits per heavy atom. The average molecular weight is 254 g/mol. The van der Waals surface area contributed by atoms with Gasteiger partial charge in [-0.3, -0.25) is 4.79 Å². The van der Waals surface area contributed by atoms with E-state index in [1.165, 1.54) is 4.88 Å². The number of aromatic nitrogens is 1. The number of anilines is 1. The standard InChI is InChI=1S/C11H18N4OS/c1-7-8(2)17-11(14-7)15-5-4-13-6-9(15)10(16)12-3/h9,13H,4-6H2,1-3H3,(H,12,16). The number of nitrogens with zero attached hydrogens (tertiary/aromatic N) is 2. The number of amides is 1. The fourth-order valence-electron chi connectivity index (χ4n) is 1.91. The van der Waals surface area contributed by atoms with Gasteiger partial charge in [-0.05, 0) is 13.8 Å². The molecule has 17 heavy (non-hydrogen) atoms. The van der Waals surface area contributed by atoms with Crippen LogP contribution >= 0.6 is 11.3 Å². The lowest BCUT2D eigenvalue weighted by Crippen LogP contribution is -2.57. The molecule has 1 saturated heterocycles. The van der Waals surface area contributed by atoms with Crippen molar-refractivity contribution in [3.8, 4) is 0 Å². The van der Waals surface area contributed by atoms with E-state index >= 15 is 0 Å². The molecule has 0 bridgehead atoms. The van der Waals surface area contributed by atoms with Gasteiger partial charge in [0.25, 0.3) is 0 Å². The summed E-state index contributed by atoms with van der Waals surface area (Å²) < 4.78 is 0. The highest BCUT2D eigenvalue weighted by Gasteiger charge is 2.29. The van der Waals surface area contributed by atoms with Gasteiger partial charge < -0.3 is 15.5 Å². The maximum atomic E-state index is 11.8. The minimum Gasteiger partial charge on any atom is -0.357 e. The molecular formula is C11H18N4OS. The number of hydrogen-bond donors (Lipinski definition) is 2. The Hall–Kier alpha value is -1.14. The van der Waals surface area contributed by atoms with E-state index < -0.39 is 0 Å². The van der Waals surface area contributed by atoms with Gasteiger partial charge in [0.15, 0.2) is 5.13 Å². The summed E-state index contributed by atoms with van der Waals surface area (Å²) in [5.41, 5.74) is 1.05. The predicted octanol–water partition coefficient (Wildman–Crippen LogP) is 0.284. The van der Waals surface area contributed by atoms with Crippen LogP contribution in [0.1, 0.15) is 10.6 Å². The summed E-state index contributed by atoms with van der Waals surface area (Å²) in [6.07, 6.45) is 0. The smallest absolute Gasteiger partial charge is 0.243 e. The van der Waals surface area contributed by atoms with Gasteiger partial charge in [0.2, 0.25) is 5.91 Å². The third-order valence-electron chi connectivity index (χ3n) is 3.06. The van der Waals surface area contributed by atoms with E-state index in [2.05, 4.69) is 27.4 Å². The zero-order valence-electron chi connectivity index (χ0n) is 10.4. The van der Waals surface area contributed by atoms with Crippen LogP contribution in [0.15, 0.2) is 0 Å². The minimum atomic E-state index is -0.154. The number of thiazole rings is 1. The van der Waals surface area contributed by atoms with Crippen LogP contribution in [-0.4, -0.2) is 43.6 Å². The van der Waals surface area contributed by atoms with Gasteiger partial charge in [0.05, 0.1) is 5.69 Å². The SMILES string of the molecule is CNC(=O)C1CNCCN1c1nc(C)c(C)s1. The van der Waals surface area contributed by atoms with Crippen molar-refractivity contribution in [3.63, 3.8) is 0 Å². The Morgan fingerprint density at radius 2 is 2.35 bits per heavy atom. The molecule has 5 nitrogen and oxygen atoms in total. The average Bonchev–Trinajstić information content (AvgIpc) is 2.68. The molecule has 1 atom stereocenters. The van der Waals surface area contributed by atoms with Crippen molar-refractivity contribution in [2.45, 2.75) is 19.9 Å². The number of aryl methyl sites for hydroxylation is 2. The van der Waals surface area contributed by atoms with Crippen LogP contribution in [0.5, 0.6) is 0 Å². The van der Waals surface area contributed by atoms with Gasteiger partial charge >= 0.3 is 0 Å². The molecule has 1 fully saturated rings. The molecule has 6 heteroatoms. The molecule has 0 spiro atoms. The van der Waals surface area contributed by atoms with Crippen LogP contribution in [0, 0.1) is 13.8 Å². The first-order valence-electron chi connectivity index (χ1n) is 5.76. The quantitative estimate of drug-likeness (QED) is 0.796. The molecule has 2 rings (SSSR count). The molecule has 2 N–H and O–H groups in total. The molecule has 0 aromatic carbocycles. The second kappa shape index (κ2) is 5.01. The van der Waals surface area contributed by atoms with Crippen molar-refractivity contribution in [2.24, 2.45) is 0 Å². The van der Waals surface area contributed by atoms with E-state index in [-0.39, 0.29) is 11.9 Å². The van der Waals surface area contributed by atoms with Crippen molar-refractivity contribution in [2.75, 3.05) is 31.6 Å². The first kappa shape index (κ1) is 12.3. The number of likely N-dealkylation sites (N-methyl/N-ethyl adjacent to an activating group) is 1. The fourth-order valence-corrected chi connectivity index (χ4v) is 2.90. The first-order valence-corrected chi connectivity index (χ1v) is 6.58. The number of rotatable bonds is 2. The zero-order valence-corrected chi connectivity index (χ0v) is 11.2. The lowest BCUT2D eigenvalue weighted by atomic mass is 10.2. The van der Waals surface area contributed by atoms with E-state index in [1.54, 1.807) is 18.4 Å². The summed E-state index contributed by atoms with van der Waals surface area (Å²) in [5.74, 6) is 0.0442. The molecule has 1 aliphatic rings. The second-order valence-electron chi connectivity index (χ2n) is 4.17. The monoisotopic (exact) mass is 254 g/mol. The lowest BCUT2D eigenvalue weighted by Gasteiger charge is -2.34. The molecule has 94 valence electrons. The van der Waals surface area contributed by atoms with E-state index in [9.17, 15) is 4.79 Å². The summed E-state index contributed by atoms with van der Waals surface area (Å²) in [6.45, 7) is 6.47. The van der Waals surface area contributed by atoms with Gasteiger partial charge in [-0.15, -0.1) is 11.3 Å². The van der Waals surface area contributed by atoms with Crippen molar-refractivity contribution < 1.29 is 4.79 Å². The molecule has 0 saturated carbocycles. The Bertz CT molecular complexity index is 398. The Labute approximate surface area is 105 Å². The van der Waals surface area contributed by atoms with Crippen molar-refractivity contribution in [1.82, 2.24) is 15.6 Å². The number of carbonyl (C=O) groups is 1. The fraction of sp³-hybridized carbons (Fsp3) is 0.636. The topological polar surface area (TPSA) is 57.3 Å². The molecule has 1 amide bonds. The van der Waals surface area contributed by atoms with E-state index in [0.717, 1.165) is 23.9 Å². The Kier molecular flexibility index (Phi) is 3.63. The number of hydrogen-bond acceptors (Lipinski definition) is 5. The van der Waals surface area contributed by atoms with Crippen LogP contribution in [-0.2, 0) is 4.79 Å². The molecule has 1 unspecified atom stereocenters. The summed E-state index contributed by atoms with van der Waals surface area (Å²) in [4.78, 5) is 19.7. The summed E-state index contributed by atoms with van der Waals surface area (Å²) in [6, 6.07) is -0.154. The van der Waals surface area contributed by atoms with Crippen molar-refractivity contribution in [3.05, 3.63) is 10.6 Å². The summed E-state index contributed by atoms with van der Waals surface area (Å²) in [7, 11) is 1.67. The van der Waals surface area contributed by atoms with Gasteiger partial charge in [0.1, 0.15) is 6.04 Å². The van der Waals surface area contributed by atoms with Crippen LogP contribution in [0.3, 0.4) is 0 Å². The van der Waals surface area contributed by atoms with Crippen LogP contribution in [0.2, 0.25) is 0 Å². The molecular weight excluding hydrogens is 236 g/mol. The lowest BCUT2D eigenvalue weighted by molar-refractivity contribution is -0.122. The van der Waals surface area contributed by atoms with E-state index in [1.807, 2.05) is 6.92 Å². The van der Waals surface area contributed by atoms with E-state index in [0.29, 0.717) is 6.54 Å². The van der Waals surface area contributed by atoms with Gasteiger partial charge in [-0.25, -0.2) is 4.98 Å². The normalized spacial score (nSPS) is 20.4. The summed E-state index contributed by atoms with van der Waals surface area (Å²) in [5, 5.41) is 6.91. The highest BCUT2D eigenvalue weighted by molar-refractivity contribution is 7.15. The molecule has 1 aromatic heterocycles. The highest BCUT2D eigenvalue weighted by Crippen LogP contribution is 2.27.